The molecule has 0 radical (unpaired) electrons. The summed E-state index contributed by atoms with van der Waals surface area (Å²) in [5.74, 6) is 1.66. The zero-order valence-corrected chi connectivity index (χ0v) is 12.5. The van der Waals surface area contributed by atoms with Crippen molar-refractivity contribution >= 4 is 0 Å². The maximum Gasteiger partial charge on any atom is 0.127 e. The van der Waals surface area contributed by atoms with Crippen LogP contribution < -0.4 is 10.1 Å². The average molecular weight is 275 g/mol. The Morgan fingerprint density at radius 2 is 2.25 bits per heavy atom. The highest BCUT2D eigenvalue weighted by Crippen LogP contribution is 2.40. The number of hydrogen-bond acceptors (Lipinski definition) is 3. The quantitative estimate of drug-likeness (QED) is 0.916. The molecule has 0 spiro atoms. The van der Waals surface area contributed by atoms with Crippen molar-refractivity contribution < 1.29 is 9.47 Å². The molecule has 2 heterocycles. The van der Waals surface area contributed by atoms with E-state index in [-0.39, 0.29) is 0 Å². The zero-order chi connectivity index (χ0) is 13.9. The van der Waals surface area contributed by atoms with Crippen molar-refractivity contribution in [3.8, 4) is 5.75 Å². The minimum atomic E-state index is 0.318. The van der Waals surface area contributed by atoms with E-state index in [0.717, 1.165) is 44.8 Å². The summed E-state index contributed by atoms with van der Waals surface area (Å²) in [7, 11) is 0. The molecule has 20 heavy (non-hydrogen) atoms. The third-order valence-corrected chi connectivity index (χ3v) is 4.59. The molecule has 3 heteroatoms. The van der Waals surface area contributed by atoms with Gasteiger partial charge in [-0.05, 0) is 38.3 Å². The van der Waals surface area contributed by atoms with Gasteiger partial charge in [-0.2, -0.15) is 0 Å². The maximum atomic E-state index is 6.00. The molecule has 1 fully saturated rings. The van der Waals surface area contributed by atoms with Crippen LogP contribution in [0.15, 0.2) is 18.2 Å². The van der Waals surface area contributed by atoms with Crippen LogP contribution >= 0.6 is 0 Å². The fraction of sp³-hybridized carbons (Fsp3) is 0.647. The van der Waals surface area contributed by atoms with E-state index >= 15 is 0 Å². The number of benzene rings is 1. The third-order valence-electron chi connectivity index (χ3n) is 4.59. The fourth-order valence-corrected chi connectivity index (χ4v) is 3.56. The first kappa shape index (κ1) is 13.9. The summed E-state index contributed by atoms with van der Waals surface area (Å²) in [6, 6.07) is 6.94. The van der Waals surface area contributed by atoms with Crippen LogP contribution in [0, 0.1) is 5.92 Å². The minimum Gasteiger partial charge on any atom is -0.493 e. The normalized spacial score (nSPS) is 26.9. The summed E-state index contributed by atoms with van der Waals surface area (Å²) in [6.45, 7) is 7.06. The highest BCUT2D eigenvalue weighted by Gasteiger charge is 2.34. The Kier molecular flexibility index (Phi) is 4.27. The standard InChI is InChI=1S/C17H25NO2/c1-3-18-16(14-9-11-19-12(14)2)15-8-4-6-13-7-5-10-20-17(13)15/h4,6,8,12,14,16,18H,3,5,7,9-11H2,1-2H3. The smallest absolute Gasteiger partial charge is 0.127 e. The van der Waals surface area contributed by atoms with Gasteiger partial charge < -0.3 is 14.8 Å². The number of aryl methyl sites for hydroxylation is 1. The molecule has 1 saturated heterocycles. The summed E-state index contributed by atoms with van der Waals surface area (Å²) < 4.78 is 11.8. The molecule has 1 aromatic rings. The second-order valence-corrected chi connectivity index (χ2v) is 5.85. The first-order chi connectivity index (χ1) is 9.81. The van der Waals surface area contributed by atoms with Gasteiger partial charge in [-0.25, -0.2) is 0 Å². The molecule has 3 nitrogen and oxygen atoms in total. The van der Waals surface area contributed by atoms with Gasteiger partial charge in [0.1, 0.15) is 5.75 Å². The lowest BCUT2D eigenvalue weighted by molar-refractivity contribution is 0.0950. The largest absolute Gasteiger partial charge is 0.493 e. The predicted octanol–water partition coefficient (Wildman–Crippen LogP) is 3.09. The van der Waals surface area contributed by atoms with Gasteiger partial charge in [-0.1, -0.05) is 25.1 Å². The van der Waals surface area contributed by atoms with Crippen LogP contribution in [-0.2, 0) is 11.2 Å². The van der Waals surface area contributed by atoms with Gasteiger partial charge in [0, 0.05) is 24.1 Å². The highest BCUT2D eigenvalue weighted by molar-refractivity contribution is 5.45. The van der Waals surface area contributed by atoms with E-state index in [2.05, 4.69) is 37.4 Å². The van der Waals surface area contributed by atoms with Gasteiger partial charge in [-0.3, -0.25) is 0 Å². The first-order valence-corrected chi connectivity index (χ1v) is 7.91. The van der Waals surface area contributed by atoms with Crippen LogP contribution in [0.5, 0.6) is 5.75 Å². The van der Waals surface area contributed by atoms with E-state index < -0.39 is 0 Å². The lowest BCUT2D eigenvalue weighted by Gasteiger charge is -2.30. The van der Waals surface area contributed by atoms with Gasteiger partial charge >= 0.3 is 0 Å². The summed E-state index contributed by atoms with van der Waals surface area (Å²) >= 11 is 0. The molecule has 2 aliphatic heterocycles. The molecule has 3 atom stereocenters. The van der Waals surface area contributed by atoms with E-state index in [0.29, 0.717) is 18.1 Å². The zero-order valence-electron chi connectivity index (χ0n) is 12.5. The van der Waals surface area contributed by atoms with Gasteiger partial charge in [0.2, 0.25) is 0 Å². The van der Waals surface area contributed by atoms with E-state index in [1.807, 2.05) is 0 Å². The van der Waals surface area contributed by atoms with E-state index in [1.165, 1.54) is 11.1 Å². The van der Waals surface area contributed by atoms with Crippen molar-refractivity contribution in [2.45, 2.75) is 45.3 Å². The topological polar surface area (TPSA) is 30.5 Å². The molecule has 1 N–H and O–H groups in total. The Hall–Kier alpha value is -1.06. The molecule has 2 aliphatic rings. The number of nitrogens with one attached hydrogen (secondary N) is 1. The Morgan fingerprint density at radius 3 is 3.00 bits per heavy atom. The fourth-order valence-electron chi connectivity index (χ4n) is 3.56. The van der Waals surface area contributed by atoms with Crippen LogP contribution in [-0.4, -0.2) is 25.9 Å². The monoisotopic (exact) mass is 275 g/mol. The van der Waals surface area contributed by atoms with E-state index in [9.17, 15) is 0 Å². The van der Waals surface area contributed by atoms with Crippen molar-refractivity contribution in [1.29, 1.82) is 0 Å². The van der Waals surface area contributed by atoms with E-state index in [1.54, 1.807) is 0 Å². The molecule has 1 aromatic carbocycles. The molecule has 3 rings (SSSR count). The summed E-state index contributed by atoms with van der Waals surface area (Å²) in [5, 5.41) is 3.66. The predicted molar refractivity (Wildman–Crippen MR) is 80.2 cm³/mol. The highest BCUT2D eigenvalue weighted by atomic mass is 16.5. The maximum absolute atomic E-state index is 6.00. The van der Waals surface area contributed by atoms with Crippen LogP contribution in [0.4, 0.5) is 0 Å². The van der Waals surface area contributed by atoms with Crippen molar-refractivity contribution in [1.82, 2.24) is 5.32 Å². The lowest BCUT2D eigenvalue weighted by Crippen LogP contribution is -2.32. The van der Waals surface area contributed by atoms with Crippen molar-refractivity contribution in [2.75, 3.05) is 19.8 Å². The molecular weight excluding hydrogens is 250 g/mol. The molecule has 0 aliphatic carbocycles. The van der Waals surface area contributed by atoms with Crippen LogP contribution in [0.2, 0.25) is 0 Å². The van der Waals surface area contributed by atoms with Crippen molar-refractivity contribution in [2.24, 2.45) is 5.92 Å². The average Bonchev–Trinajstić information content (AvgIpc) is 2.90. The molecular formula is C17H25NO2. The van der Waals surface area contributed by atoms with Crippen molar-refractivity contribution in [3.05, 3.63) is 29.3 Å². The second-order valence-electron chi connectivity index (χ2n) is 5.85. The molecule has 0 bridgehead atoms. The minimum absolute atomic E-state index is 0.318. The summed E-state index contributed by atoms with van der Waals surface area (Å²) in [6.07, 6.45) is 3.71. The molecule has 0 amide bonds. The summed E-state index contributed by atoms with van der Waals surface area (Å²) in [5.41, 5.74) is 2.69. The third kappa shape index (κ3) is 2.57. The van der Waals surface area contributed by atoms with Crippen LogP contribution in [0.1, 0.15) is 43.9 Å². The Morgan fingerprint density at radius 1 is 1.35 bits per heavy atom. The number of rotatable bonds is 4. The van der Waals surface area contributed by atoms with Gasteiger partial charge in [-0.15, -0.1) is 0 Å². The van der Waals surface area contributed by atoms with Gasteiger partial charge in [0.15, 0.2) is 0 Å². The lowest BCUT2D eigenvalue weighted by atomic mass is 9.86. The van der Waals surface area contributed by atoms with Crippen LogP contribution in [0.25, 0.3) is 0 Å². The van der Waals surface area contributed by atoms with Crippen molar-refractivity contribution in [3.63, 3.8) is 0 Å². The Balaban J connectivity index is 1.94. The SMILES string of the molecule is CCNC(c1cccc2c1OCCC2)C1CCOC1C. The number of hydrogen-bond donors (Lipinski definition) is 1. The number of para-hydroxylation sites is 1. The van der Waals surface area contributed by atoms with E-state index in [4.69, 9.17) is 9.47 Å². The van der Waals surface area contributed by atoms with Gasteiger partial charge in [0.25, 0.3) is 0 Å². The first-order valence-electron chi connectivity index (χ1n) is 7.91. The second kappa shape index (κ2) is 6.15. The molecule has 3 unspecified atom stereocenters. The number of ether oxygens (including phenoxy) is 2. The Labute approximate surface area is 121 Å². The summed E-state index contributed by atoms with van der Waals surface area (Å²) in [4.78, 5) is 0. The van der Waals surface area contributed by atoms with Gasteiger partial charge in [0.05, 0.1) is 12.7 Å². The van der Waals surface area contributed by atoms with Crippen LogP contribution in [0.3, 0.4) is 0 Å². The molecule has 0 aromatic heterocycles. The molecule has 110 valence electrons. The molecule has 0 saturated carbocycles. The number of fused-ring (bicyclic) bond motifs is 1. The Bertz CT molecular complexity index is 460.